The van der Waals surface area contributed by atoms with E-state index in [-0.39, 0.29) is 10.4 Å². The third-order valence-corrected chi connectivity index (χ3v) is 4.19. The van der Waals surface area contributed by atoms with E-state index in [0.29, 0.717) is 0 Å². The van der Waals surface area contributed by atoms with Crippen LogP contribution in [0.2, 0.25) is 0 Å². The van der Waals surface area contributed by atoms with Crippen LogP contribution in [0.15, 0.2) is 41.8 Å². The number of carbonyl (C=O) groups excluding carboxylic acids is 1. The molecule has 2 rings (SSSR count). The molecule has 8 heteroatoms. The summed E-state index contributed by atoms with van der Waals surface area (Å²) in [6.45, 7) is 1.37. The third kappa shape index (κ3) is 2.94. The van der Waals surface area contributed by atoms with Gasteiger partial charge in [-0.25, -0.2) is 4.79 Å². The molecule has 1 aromatic heterocycles. The summed E-state index contributed by atoms with van der Waals surface area (Å²) in [4.78, 5) is 23.9. The number of hydrogen-bond acceptors (Lipinski definition) is 3. The van der Waals surface area contributed by atoms with Gasteiger partial charge in [0.15, 0.2) is 0 Å². The minimum atomic E-state index is -5.21. The second-order valence-corrected chi connectivity index (χ2v) is 5.88. The van der Waals surface area contributed by atoms with Crippen LogP contribution in [0.5, 0.6) is 0 Å². The van der Waals surface area contributed by atoms with Crippen LogP contribution in [0.1, 0.15) is 20.8 Å². The largest absolute Gasteiger partial charge is 0.479 e. The molecule has 1 aromatic carbocycles. The number of rotatable bonds is 4. The van der Waals surface area contributed by atoms with Crippen LogP contribution in [0.3, 0.4) is 0 Å². The summed E-state index contributed by atoms with van der Waals surface area (Å²) < 4.78 is 41.0. The molecule has 0 saturated heterocycles. The van der Waals surface area contributed by atoms with Gasteiger partial charge in [-0.1, -0.05) is 18.2 Å². The minimum Gasteiger partial charge on any atom is -0.479 e. The van der Waals surface area contributed by atoms with Crippen molar-refractivity contribution < 1.29 is 27.9 Å². The van der Waals surface area contributed by atoms with Crippen molar-refractivity contribution in [3.8, 4) is 0 Å². The Hall–Kier alpha value is -2.35. The van der Waals surface area contributed by atoms with Crippen molar-refractivity contribution in [2.24, 2.45) is 0 Å². The van der Waals surface area contributed by atoms with Gasteiger partial charge in [-0.2, -0.15) is 13.2 Å². The van der Waals surface area contributed by atoms with Gasteiger partial charge in [0.25, 0.3) is 11.4 Å². The number of benzene rings is 1. The monoisotopic (exact) mass is 343 g/mol. The lowest BCUT2D eigenvalue weighted by Gasteiger charge is -2.32. The highest BCUT2D eigenvalue weighted by atomic mass is 32.1. The Balaban J connectivity index is 2.57. The third-order valence-electron chi connectivity index (χ3n) is 3.35. The molecule has 1 heterocycles. The summed E-state index contributed by atoms with van der Waals surface area (Å²) in [5.41, 5.74) is -4.05. The van der Waals surface area contributed by atoms with Gasteiger partial charge < -0.3 is 10.4 Å². The van der Waals surface area contributed by atoms with Crippen molar-refractivity contribution in [1.29, 1.82) is 0 Å². The first-order chi connectivity index (χ1) is 10.7. The number of carboxylic acids is 1. The fraction of sp³-hybridized carbons (Fsp3) is 0.200. The highest BCUT2D eigenvalue weighted by Crippen LogP contribution is 2.42. The van der Waals surface area contributed by atoms with Crippen LogP contribution in [0.25, 0.3) is 0 Å². The number of aryl methyl sites for hydroxylation is 1. The molecule has 2 N–H and O–H groups in total. The van der Waals surface area contributed by atoms with E-state index in [9.17, 15) is 27.9 Å². The van der Waals surface area contributed by atoms with Crippen LogP contribution < -0.4 is 5.32 Å². The van der Waals surface area contributed by atoms with E-state index in [4.69, 9.17) is 0 Å². The molecule has 0 aliphatic heterocycles. The second kappa shape index (κ2) is 6.04. The number of alkyl halides is 3. The Morgan fingerprint density at radius 2 is 1.74 bits per heavy atom. The van der Waals surface area contributed by atoms with E-state index in [1.165, 1.54) is 36.6 Å². The number of hydrogen-bond donors (Lipinski definition) is 2. The molecular weight excluding hydrogens is 331 g/mol. The zero-order valence-electron chi connectivity index (χ0n) is 11.8. The minimum absolute atomic E-state index is 0.0599. The molecule has 0 spiro atoms. The zero-order valence-corrected chi connectivity index (χ0v) is 12.7. The summed E-state index contributed by atoms with van der Waals surface area (Å²) in [7, 11) is 0. The maximum absolute atomic E-state index is 13.7. The molecule has 0 saturated carbocycles. The summed E-state index contributed by atoms with van der Waals surface area (Å²) in [6.07, 6.45) is -5.21. The molecule has 1 atom stereocenters. The van der Waals surface area contributed by atoms with Gasteiger partial charge in [-0.05, 0) is 30.5 Å². The topological polar surface area (TPSA) is 66.4 Å². The van der Waals surface area contributed by atoms with Crippen molar-refractivity contribution >= 4 is 23.2 Å². The number of amides is 1. The molecule has 122 valence electrons. The maximum Gasteiger partial charge on any atom is 0.426 e. The number of carbonyl (C=O) groups is 2. The van der Waals surface area contributed by atoms with Gasteiger partial charge in [0.05, 0.1) is 0 Å². The van der Waals surface area contributed by atoms with Gasteiger partial charge in [-0.3, -0.25) is 4.79 Å². The summed E-state index contributed by atoms with van der Waals surface area (Å²) in [5.74, 6) is -3.30. The molecule has 0 bridgehead atoms. The SMILES string of the molecule is Cc1sccc1C(NC(=O)c1ccccc1)(C(=O)O)C(F)(F)F. The Bertz CT molecular complexity index is 727. The summed E-state index contributed by atoms with van der Waals surface area (Å²) in [5, 5.41) is 12.3. The predicted molar refractivity (Wildman–Crippen MR) is 78.3 cm³/mol. The van der Waals surface area contributed by atoms with Crippen LogP contribution >= 0.6 is 11.3 Å². The predicted octanol–water partition coefficient (Wildman–Crippen LogP) is 3.33. The van der Waals surface area contributed by atoms with Gasteiger partial charge in [0.1, 0.15) is 0 Å². The molecule has 1 unspecified atom stereocenters. The van der Waals surface area contributed by atoms with Gasteiger partial charge in [0, 0.05) is 16.0 Å². The van der Waals surface area contributed by atoms with Crippen molar-refractivity contribution in [2.75, 3.05) is 0 Å². The first-order valence-electron chi connectivity index (χ1n) is 6.42. The fourth-order valence-corrected chi connectivity index (χ4v) is 2.94. The van der Waals surface area contributed by atoms with E-state index in [1.807, 2.05) is 0 Å². The number of carboxylic acid groups (broad SMARTS) is 1. The average Bonchev–Trinajstić information content (AvgIpc) is 2.90. The second-order valence-electron chi connectivity index (χ2n) is 4.76. The first kappa shape index (κ1) is 17.0. The highest BCUT2D eigenvalue weighted by molar-refractivity contribution is 7.10. The molecule has 2 aromatic rings. The van der Waals surface area contributed by atoms with E-state index in [1.54, 1.807) is 11.4 Å². The fourth-order valence-electron chi connectivity index (χ4n) is 2.19. The van der Waals surface area contributed by atoms with Gasteiger partial charge >= 0.3 is 12.1 Å². The van der Waals surface area contributed by atoms with Crippen molar-refractivity contribution in [2.45, 2.75) is 18.6 Å². The Labute approximate surface area is 133 Å². The van der Waals surface area contributed by atoms with Gasteiger partial charge in [-0.15, -0.1) is 11.3 Å². The maximum atomic E-state index is 13.7. The molecular formula is C15H12F3NO3S. The first-order valence-corrected chi connectivity index (χ1v) is 7.30. The number of aliphatic carboxylic acids is 1. The van der Waals surface area contributed by atoms with Crippen LogP contribution in [0, 0.1) is 6.92 Å². The van der Waals surface area contributed by atoms with Crippen LogP contribution in [-0.4, -0.2) is 23.2 Å². The molecule has 0 aliphatic carbocycles. The van der Waals surface area contributed by atoms with Crippen molar-refractivity contribution in [3.63, 3.8) is 0 Å². The van der Waals surface area contributed by atoms with Crippen molar-refractivity contribution in [3.05, 3.63) is 57.8 Å². The van der Waals surface area contributed by atoms with E-state index >= 15 is 0 Å². The Morgan fingerprint density at radius 1 is 1.13 bits per heavy atom. The molecule has 0 aliphatic rings. The quantitative estimate of drug-likeness (QED) is 0.895. The van der Waals surface area contributed by atoms with E-state index < -0.39 is 29.2 Å². The molecule has 1 amide bonds. The number of nitrogens with one attached hydrogen (secondary N) is 1. The normalized spacial score (nSPS) is 14.1. The summed E-state index contributed by atoms with van der Waals surface area (Å²) >= 11 is 0.973. The van der Waals surface area contributed by atoms with Crippen LogP contribution in [-0.2, 0) is 10.3 Å². The number of halogens is 3. The lowest BCUT2D eigenvalue weighted by Crippen LogP contribution is -2.61. The zero-order chi connectivity index (χ0) is 17.3. The smallest absolute Gasteiger partial charge is 0.426 e. The Morgan fingerprint density at radius 3 is 2.17 bits per heavy atom. The average molecular weight is 343 g/mol. The summed E-state index contributed by atoms with van der Waals surface area (Å²) in [6, 6.07) is 8.21. The molecule has 0 fully saturated rings. The highest BCUT2D eigenvalue weighted by Gasteiger charge is 2.64. The van der Waals surface area contributed by atoms with Crippen molar-refractivity contribution in [1.82, 2.24) is 5.32 Å². The van der Waals surface area contributed by atoms with E-state index in [2.05, 4.69) is 0 Å². The van der Waals surface area contributed by atoms with Gasteiger partial charge in [0.2, 0.25) is 0 Å². The molecule has 4 nitrogen and oxygen atoms in total. The lowest BCUT2D eigenvalue weighted by molar-refractivity contribution is -0.210. The standard InChI is InChI=1S/C15H12F3NO3S/c1-9-11(7-8-23-9)14(13(21)22,15(16,17)18)19-12(20)10-5-3-2-4-6-10/h2-8H,1H3,(H,19,20)(H,21,22). The number of thiophene rings is 1. The lowest BCUT2D eigenvalue weighted by atomic mass is 9.89. The Kier molecular flexibility index (Phi) is 4.46. The van der Waals surface area contributed by atoms with Crippen LogP contribution in [0.4, 0.5) is 13.2 Å². The molecule has 23 heavy (non-hydrogen) atoms. The van der Waals surface area contributed by atoms with E-state index in [0.717, 1.165) is 17.4 Å². The molecule has 0 radical (unpaired) electrons.